The van der Waals surface area contributed by atoms with Gasteiger partial charge in [-0.15, -0.1) is 0 Å². The largest absolute Gasteiger partial charge is 0.491 e. The number of halogens is 2. The first kappa shape index (κ1) is 15.4. The molecule has 0 amide bonds. The molecule has 0 saturated heterocycles. The molecule has 0 spiro atoms. The van der Waals surface area contributed by atoms with E-state index < -0.39 is 0 Å². The monoisotopic (exact) mass is 317 g/mol. The molecule has 4 heteroatoms. The summed E-state index contributed by atoms with van der Waals surface area (Å²) in [7, 11) is 0. The molecule has 0 aliphatic carbocycles. The summed E-state index contributed by atoms with van der Waals surface area (Å²) >= 11 is 3.30. The normalized spacial score (nSPS) is 14.7. The predicted octanol–water partition coefficient (Wildman–Crippen LogP) is 3.90. The summed E-state index contributed by atoms with van der Waals surface area (Å²) in [5, 5.41) is 0. The van der Waals surface area contributed by atoms with Crippen LogP contribution in [-0.2, 0) is 6.42 Å². The van der Waals surface area contributed by atoms with Crippen molar-refractivity contribution in [1.82, 2.24) is 0 Å². The molecule has 2 unspecified atom stereocenters. The van der Waals surface area contributed by atoms with Crippen LogP contribution in [0.3, 0.4) is 0 Å². The molecule has 0 bridgehead atoms. The second-order valence-corrected chi connectivity index (χ2v) is 5.84. The van der Waals surface area contributed by atoms with Crippen molar-refractivity contribution in [2.24, 2.45) is 11.7 Å². The maximum absolute atomic E-state index is 13.6. The van der Waals surface area contributed by atoms with Crippen molar-refractivity contribution >= 4 is 15.9 Å². The van der Waals surface area contributed by atoms with Gasteiger partial charge in [0.05, 0.1) is 10.6 Å². The maximum atomic E-state index is 13.6. The summed E-state index contributed by atoms with van der Waals surface area (Å²) in [6, 6.07) is 3.16. The molecular formula is C14H21BrFNO. The first-order valence-corrected chi connectivity index (χ1v) is 7.01. The van der Waals surface area contributed by atoms with E-state index in [-0.39, 0.29) is 23.9 Å². The van der Waals surface area contributed by atoms with Crippen molar-refractivity contribution in [3.05, 3.63) is 28.0 Å². The maximum Gasteiger partial charge on any atom is 0.137 e. The lowest BCUT2D eigenvalue weighted by atomic mass is 9.95. The molecule has 2 N–H and O–H groups in total. The summed E-state index contributed by atoms with van der Waals surface area (Å²) in [5.41, 5.74) is 6.73. The highest BCUT2D eigenvalue weighted by Gasteiger charge is 2.18. The fraction of sp³-hybridized carbons (Fsp3) is 0.571. The number of rotatable bonds is 5. The molecule has 0 fully saturated rings. The van der Waals surface area contributed by atoms with Gasteiger partial charge >= 0.3 is 0 Å². The van der Waals surface area contributed by atoms with Crippen LogP contribution in [0.1, 0.15) is 33.3 Å². The summed E-state index contributed by atoms with van der Waals surface area (Å²) < 4.78 is 19.8. The van der Waals surface area contributed by atoms with Gasteiger partial charge in [-0.25, -0.2) is 4.39 Å². The third-order valence-electron chi connectivity index (χ3n) is 2.94. The van der Waals surface area contributed by atoms with E-state index in [2.05, 4.69) is 22.9 Å². The summed E-state index contributed by atoms with van der Waals surface area (Å²) in [6.07, 6.45) is 0.754. The lowest BCUT2D eigenvalue weighted by Gasteiger charge is -2.20. The molecule has 2 nitrogen and oxygen atoms in total. The third-order valence-corrected chi connectivity index (χ3v) is 3.80. The van der Waals surface area contributed by atoms with Crippen molar-refractivity contribution in [1.29, 1.82) is 0 Å². The Morgan fingerprint density at radius 3 is 2.39 bits per heavy atom. The second kappa shape index (κ2) is 6.53. The molecule has 1 aromatic carbocycles. The van der Waals surface area contributed by atoms with Crippen molar-refractivity contribution in [2.75, 3.05) is 0 Å². The van der Waals surface area contributed by atoms with E-state index >= 15 is 0 Å². The molecule has 0 heterocycles. The lowest BCUT2D eigenvalue weighted by Crippen LogP contribution is -2.26. The summed E-state index contributed by atoms with van der Waals surface area (Å²) in [6.45, 7) is 7.92. The Bertz CT molecular complexity index is 407. The Morgan fingerprint density at radius 1 is 1.28 bits per heavy atom. The number of hydrogen-bond donors (Lipinski definition) is 1. The lowest BCUT2D eigenvalue weighted by molar-refractivity contribution is 0.238. The van der Waals surface area contributed by atoms with Gasteiger partial charge in [0.15, 0.2) is 0 Å². The van der Waals surface area contributed by atoms with E-state index in [1.54, 1.807) is 6.07 Å². The van der Waals surface area contributed by atoms with Gasteiger partial charge in [-0.2, -0.15) is 0 Å². The highest BCUT2D eigenvalue weighted by Crippen LogP contribution is 2.32. The molecule has 1 aromatic rings. The van der Waals surface area contributed by atoms with Gasteiger partial charge in [0, 0.05) is 11.6 Å². The molecule has 0 aliphatic heterocycles. The van der Waals surface area contributed by atoms with Crippen molar-refractivity contribution in [3.8, 4) is 5.75 Å². The minimum Gasteiger partial charge on any atom is -0.491 e. The van der Waals surface area contributed by atoms with Gasteiger partial charge in [-0.05, 0) is 61.2 Å². The van der Waals surface area contributed by atoms with Gasteiger partial charge in [-0.3, -0.25) is 0 Å². The SMILES string of the molecule is CC(C)Oc1ccc(F)c(Br)c1CC(C)C(C)N. The predicted molar refractivity (Wildman–Crippen MR) is 76.4 cm³/mol. The van der Waals surface area contributed by atoms with E-state index in [4.69, 9.17) is 10.5 Å². The minimum absolute atomic E-state index is 0.0618. The standard InChI is InChI=1S/C14H21BrFNO/c1-8(2)18-13-6-5-12(16)14(15)11(13)7-9(3)10(4)17/h5-6,8-10H,7,17H2,1-4H3. The second-order valence-electron chi connectivity index (χ2n) is 5.05. The van der Waals surface area contributed by atoms with Crippen molar-refractivity contribution in [3.63, 3.8) is 0 Å². The minimum atomic E-state index is -0.266. The number of nitrogens with two attached hydrogens (primary N) is 1. The van der Waals surface area contributed by atoms with Crippen LogP contribution in [0, 0.1) is 11.7 Å². The smallest absolute Gasteiger partial charge is 0.137 e. The van der Waals surface area contributed by atoms with Crippen LogP contribution in [0.2, 0.25) is 0 Å². The van der Waals surface area contributed by atoms with Crippen LogP contribution in [-0.4, -0.2) is 12.1 Å². The van der Waals surface area contributed by atoms with Crippen molar-refractivity contribution in [2.45, 2.75) is 46.3 Å². The van der Waals surface area contributed by atoms with Crippen LogP contribution in [0.25, 0.3) is 0 Å². The molecule has 0 aliphatic rings. The van der Waals surface area contributed by atoms with E-state index in [9.17, 15) is 4.39 Å². The third kappa shape index (κ3) is 3.95. The van der Waals surface area contributed by atoms with Crippen LogP contribution in [0.4, 0.5) is 4.39 Å². The van der Waals surface area contributed by atoms with Gasteiger partial charge < -0.3 is 10.5 Å². The average Bonchev–Trinajstić information content (AvgIpc) is 2.27. The van der Waals surface area contributed by atoms with Crippen LogP contribution in [0.5, 0.6) is 5.75 Å². The van der Waals surface area contributed by atoms with E-state index in [1.807, 2.05) is 20.8 Å². The van der Waals surface area contributed by atoms with E-state index in [0.717, 1.165) is 11.3 Å². The highest BCUT2D eigenvalue weighted by molar-refractivity contribution is 9.10. The van der Waals surface area contributed by atoms with Gasteiger partial charge in [0.1, 0.15) is 11.6 Å². The van der Waals surface area contributed by atoms with Crippen LogP contribution < -0.4 is 10.5 Å². The molecule has 1 rings (SSSR count). The van der Waals surface area contributed by atoms with Gasteiger partial charge in [0.2, 0.25) is 0 Å². The molecule has 0 aromatic heterocycles. The Hall–Kier alpha value is -0.610. The summed E-state index contributed by atoms with van der Waals surface area (Å²) in [5.74, 6) is 0.723. The zero-order chi connectivity index (χ0) is 13.9. The zero-order valence-electron chi connectivity index (χ0n) is 11.3. The van der Waals surface area contributed by atoms with Crippen LogP contribution in [0.15, 0.2) is 16.6 Å². The fourth-order valence-electron chi connectivity index (χ4n) is 1.64. The Morgan fingerprint density at radius 2 is 1.89 bits per heavy atom. The quantitative estimate of drug-likeness (QED) is 0.893. The first-order valence-electron chi connectivity index (χ1n) is 6.22. The molecule has 102 valence electrons. The molecule has 0 radical (unpaired) electrons. The molecule has 0 saturated carbocycles. The van der Waals surface area contributed by atoms with Crippen molar-refractivity contribution < 1.29 is 9.13 Å². The number of ether oxygens (including phenoxy) is 1. The van der Waals surface area contributed by atoms with Gasteiger partial charge in [0.25, 0.3) is 0 Å². The molecule has 2 atom stereocenters. The fourth-order valence-corrected chi connectivity index (χ4v) is 2.13. The van der Waals surface area contributed by atoms with Crippen LogP contribution >= 0.6 is 15.9 Å². The molecular weight excluding hydrogens is 297 g/mol. The Labute approximate surface area is 117 Å². The average molecular weight is 318 g/mol. The topological polar surface area (TPSA) is 35.2 Å². The van der Waals surface area contributed by atoms with E-state index in [1.165, 1.54) is 6.07 Å². The Balaban J connectivity index is 3.08. The number of benzene rings is 1. The zero-order valence-corrected chi connectivity index (χ0v) is 12.9. The Kier molecular flexibility index (Phi) is 5.60. The van der Waals surface area contributed by atoms with E-state index in [0.29, 0.717) is 10.9 Å². The van der Waals surface area contributed by atoms with Gasteiger partial charge in [-0.1, -0.05) is 6.92 Å². The summed E-state index contributed by atoms with van der Waals surface area (Å²) in [4.78, 5) is 0. The highest BCUT2D eigenvalue weighted by atomic mass is 79.9. The molecule has 18 heavy (non-hydrogen) atoms. The number of hydrogen-bond acceptors (Lipinski definition) is 2. The first-order chi connectivity index (χ1) is 8.32.